The van der Waals surface area contributed by atoms with Crippen molar-refractivity contribution in [2.75, 3.05) is 39.9 Å². The van der Waals surface area contributed by atoms with Gasteiger partial charge in [-0.3, -0.25) is 0 Å². The molecule has 2 heterocycles. The van der Waals surface area contributed by atoms with Gasteiger partial charge in [-0.15, -0.1) is 0 Å². The lowest BCUT2D eigenvalue weighted by Gasteiger charge is -2.55. The van der Waals surface area contributed by atoms with Crippen LogP contribution in [0.15, 0.2) is 0 Å². The molecule has 0 aromatic rings. The lowest BCUT2D eigenvalue weighted by Crippen LogP contribution is -2.59. The number of piperidine rings is 1. The predicted octanol–water partition coefficient (Wildman–Crippen LogP) is 1.58. The van der Waals surface area contributed by atoms with Crippen LogP contribution in [-0.4, -0.2) is 44.8 Å². The zero-order valence-electron chi connectivity index (χ0n) is 11.6. The number of rotatable bonds is 4. The lowest BCUT2D eigenvalue weighted by atomic mass is 9.59. The molecule has 0 saturated carbocycles. The maximum atomic E-state index is 6.04. The van der Waals surface area contributed by atoms with Gasteiger partial charge in [-0.05, 0) is 50.7 Å². The van der Waals surface area contributed by atoms with Crippen molar-refractivity contribution < 1.29 is 4.74 Å². The van der Waals surface area contributed by atoms with Crippen LogP contribution in [0.1, 0.15) is 26.7 Å². The molecule has 17 heavy (non-hydrogen) atoms. The molecule has 2 N–H and O–H groups in total. The molecule has 0 spiro atoms. The Labute approximate surface area is 106 Å². The van der Waals surface area contributed by atoms with Crippen LogP contribution in [0.25, 0.3) is 0 Å². The summed E-state index contributed by atoms with van der Waals surface area (Å²) < 4.78 is 5.59. The molecule has 3 heteroatoms. The summed E-state index contributed by atoms with van der Waals surface area (Å²) in [5.74, 6) is 2.06. The van der Waals surface area contributed by atoms with E-state index in [1.807, 2.05) is 0 Å². The zero-order chi connectivity index (χ0) is 12.5. The van der Waals surface area contributed by atoms with E-state index in [1.165, 1.54) is 25.9 Å². The minimum atomic E-state index is 0.373. The maximum absolute atomic E-state index is 6.04. The summed E-state index contributed by atoms with van der Waals surface area (Å²) in [5.41, 5.74) is 6.41. The van der Waals surface area contributed by atoms with Gasteiger partial charge in [0.25, 0.3) is 0 Å². The molecule has 2 atom stereocenters. The Morgan fingerprint density at radius 1 is 1.41 bits per heavy atom. The van der Waals surface area contributed by atoms with Crippen LogP contribution in [0, 0.1) is 23.2 Å². The number of nitrogens with zero attached hydrogens (tertiary/aromatic N) is 1. The Morgan fingerprint density at radius 2 is 2.12 bits per heavy atom. The van der Waals surface area contributed by atoms with Crippen molar-refractivity contribution in [1.82, 2.24) is 4.90 Å². The van der Waals surface area contributed by atoms with E-state index in [1.54, 1.807) is 0 Å². The predicted molar refractivity (Wildman–Crippen MR) is 70.9 cm³/mol. The van der Waals surface area contributed by atoms with Gasteiger partial charge in [0.15, 0.2) is 0 Å². The fourth-order valence-corrected chi connectivity index (χ4v) is 3.90. The summed E-state index contributed by atoms with van der Waals surface area (Å²) in [6, 6.07) is 0. The number of hydrogen-bond donors (Lipinski definition) is 1. The van der Waals surface area contributed by atoms with Gasteiger partial charge in [-0.1, -0.05) is 13.8 Å². The fourth-order valence-electron chi connectivity index (χ4n) is 3.90. The Balaban J connectivity index is 2.12. The van der Waals surface area contributed by atoms with E-state index in [4.69, 9.17) is 10.5 Å². The third-order valence-electron chi connectivity index (χ3n) is 4.98. The van der Waals surface area contributed by atoms with Gasteiger partial charge in [0, 0.05) is 12.0 Å². The molecular formula is C14H28N2O. The third-order valence-corrected chi connectivity index (χ3v) is 4.98. The van der Waals surface area contributed by atoms with Crippen molar-refractivity contribution in [2.24, 2.45) is 28.9 Å². The van der Waals surface area contributed by atoms with Crippen LogP contribution >= 0.6 is 0 Å². The second kappa shape index (κ2) is 5.25. The van der Waals surface area contributed by atoms with E-state index in [9.17, 15) is 0 Å². The van der Waals surface area contributed by atoms with Crippen molar-refractivity contribution in [3.05, 3.63) is 0 Å². The molecule has 2 aliphatic rings. The van der Waals surface area contributed by atoms with E-state index in [0.29, 0.717) is 17.3 Å². The Bertz CT molecular complexity index is 251. The second-order valence-corrected chi connectivity index (χ2v) is 6.41. The van der Waals surface area contributed by atoms with Gasteiger partial charge in [-0.2, -0.15) is 0 Å². The fraction of sp³-hybridized carbons (Fsp3) is 1.00. The lowest BCUT2D eigenvalue weighted by molar-refractivity contribution is -0.193. The van der Waals surface area contributed by atoms with Crippen LogP contribution in [0.2, 0.25) is 0 Å². The average Bonchev–Trinajstić information content (AvgIpc) is 2.22. The first-order valence-electron chi connectivity index (χ1n) is 7.06. The Morgan fingerprint density at radius 3 is 2.53 bits per heavy atom. The monoisotopic (exact) mass is 240 g/mol. The highest BCUT2D eigenvalue weighted by atomic mass is 16.5. The van der Waals surface area contributed by atoms with E-state index >= 15 is 0 Å². The van der Waals surface area contributed by atoms with E-state index in [-0.39, 0.29) is 0 Å². The summed E-state index contributed by atoms with van der Waals surface area (Å²) in [4.78, 5) is 2.47. The maximum Gasteiger partial charge on any atom is 0.0551 e. The second-order valence-electron chi connectivity index (χ2n) is 6.41. The molecule has 100 valence electrons. The van der Waals surface area contributed by atoms with Crippen molar-refractivity contribution in [3.63, 3.8) is 0 Å². The number of hydrogen-bond acceptors (Lipinski definition) is 3. The highest BCUT2D eigenvalue weighted by molar-refractivity contribution is 5.00. The quantitative estimate of drug-likeness (QED) is 0.811. The van der Waals surface area contributed by atoms with Gasteiger partial charge >= 0.3 is 0 Å². The topological polar surface area (TPSA) is 38.5 Å². The smallest absolute Gasteiger partial charge is 0.0551 e. The molecule has 0 radical (unpaired) electrons. The first-order chi connectivity index (χ1) is 8.10. The van der Waals surface area contributed by atoms with Crippen molar-refractivity contribution in [2.45, 2.75) is 26.7 Å². The van der Waals surface area contributed by atoms with Crippen LogP contribution in [0.5, 0.6) is 0 Å². The van der Waals surface area contributed by atoms with Crippen LogP contribution in [0.3, 0.4) is 0 Å². The van der Waals surface area contributed by atoms with Crippen molar-refractivity contribution in [1.29, 1.82) is 0 Å². The number of likely N-dealkylation sites (tertiary alicyclic amines) is 1. The molecule has 0 amide bonds. The number of nitrogens with two attached hydrogens (primary N) is 1. The summed E-state index contributed by atoms with van der Waals surface area (Å²) in [7, 11) is 2.24. The zero-order valence-corrected chi connectivity index (χ0v) is 11.6. The largest absolute Gasteiger partial charge is 0.380 e. The minimum Gasteiger partial charge on any atom is -0.380 e. The molecule has 0 aromatic heterocycles. The Kier molecular flexibility index (Phi) is 4.11. The van der Waals surface area contributed by atoms with Crippen molar-refractivity contribution in [3.8, 4) is 0 Å². The summed E-state index contributed by atoms with van der Waals surface area (Å²) >= 11 is 0. The molecule has 0 aromatic carbocycles. The summed E-state index contributed by atoms with van der Waals surface area (Å²) in [6.07, 6.45) is 2.69. The minimum absolute atomic E-state index is 0.373. The molecule has 2 unspecified atom stereocenters. The van der Waals surface area contributed by atoms with Gasteiger partial charge in [-0.25, -0.2) is 0 Å². The van der Waals surface area contributed by atoms with Gasteiger partial charge in [0.05, 0.1) is 13.2 Å². The van der Waals surface area contributed by atoms with E-state index < -0.39 is 0 Å². The third kappa shape index (κ3) is 2.38. The standard InChI is InChI=1S/C14H28N2O/c1-11(2)13(7-15)14(9-17-10-14)12-5-4-6-16(3)8-12/h11-13H,4-10,15H2,1-3H3. The first-order valence-corrected chi connectivity index (χ1v) is 7.06. The molecule has 0 bridgehead atoms. The van der Waals surface area contributed by atoms with Gasteiger partial charge in [0.2, 0.25) is 0 Å². The Hall–Kier alpha value is -0.120. The van der Waals surface area contributed by atoms with Gasteiger partial charge < -0.3 is 15.4 Å². The normalized spacial score (nSPS) is 31.2. The van der Waals surface area contributed by atoms with Gasteiger partial charge in [0.1, 0.15) is 0 Å². The van der Waals surface area contributed by atoms with E-state index in [2.05, 4.69) is 25.8 Å². The van der Waals surface area contributed by atoms with Crippen LogP contribution < -0.4 is 5.73 Å². The molecule has 2 fully saturated rings. The molecular weight excluding hydrogens is 212 g/mol. The summed E-state index contributed by atoms with van der Waals surface area (Å²) in [6.45, 7) is 9.78. The van der Waals surface area contributed by atoms with Crippen LogP contribution in [0.4, 0.5) is 0 Å². The van der Waals surface area contributed by atoms with E-state index in [0.717, 1.165) is 25.7 Å². The first kappa shape index (κ1) is 13.3. The van der Waals surface area contributed by atoms with Crippen molar-refractivity contribution >= 4 is 0 Å². The molecule has 2 rings (SSSR count). The SMILES string of the molecule is CC(C)C(CN)C1(C2CCCN(C)C2)COC1. The average molecular weight is 240 g/mol. The molecule has 0 aliphatic carbocycles. The van der Waals surface area contributed by atoms with Crippen LogP contribution in [-0.2, 0) is 4.74 Å². The highest BCUT2D eigenvalue weighted by Gasteiger charge is 2.51. The number of ether oxygens (including phenoxy) is 1. The molecule has 2 saturated heterocycles. The molecule has 3 nitrogen and oxygen atoms in total. The highest BCUT2D eigenvalue weighted by Crippen LogP contribution is 2.48. The molecule has 2 aliphatic heterocycles. The summed E-state index contributed by atoms with van der Waals surface area (Å²) in [5, 5.41) is 0.